The molecule has 1 rings (SSSR count). The Morgan fingerprint density at radius 3 is 3.00 bits per heavy atom. The molecule has 1 N–H and O–H groups in total. The van der Waals surface area contributed by atoms with Crippen LogP contribution in [0.3, 0.4) is 0 Å². The molecule has 15 heavy (non-hydrogen) atoms. The number of methoxy groups -OCH3 is 1. The third-order valence-electron chi connectivity index (χ3n) is 1.89. The average Bonchev–Trinajstić information content (AvgIpc) is 2.65. The molecule has 6 heteroatoms. The Balaban J connectivity index is 2.52. The molecule has 0 saturated carbocycles. The Labute approximate surface area is 87.4 Å². The molecule has 0 saturated heterocycles. The van der Waals surface area contributed by atoms with Crippen molar-refractivity contribution in [2.24, 2.45) is 0 Å². The number of carboxylic acid groups (broad SMARTS) is 1. The monoisotopic (exact) mass is 214 g/mol. The van der Waals surface area contributed by atoms with Crippen molar-refractivity contribution in [2.45, 2.75) is 13.0 Å². The number of aromatic nitrogens is 2. The molecule has 0 radical (unpaired) electrons. The zero-order chi connectivity index (χ0) is 11.3. The Bertz CT molecular complexity index is 324. The maximum atomic E-state index is 10.6. The van der Waals surface area contributed by atoms with E-state index in [1.807, 2.05) is 0 Å². The van der Waals surface area contributed by atoms with Crippen LogP contribution in [-0.2, 0) is 9.53 Å². The first-order chi connectivity index (χ1) is 7.15. The van der Waals surface area contributed by atoms with E-state index in [0.29, 0.717) is 19.0 Å². The average molecular weight is 214 g/mol. The van der Waals surface area contributed by atoms with Crippen LogP contribution in [0.5, 0.6) is 5.75 Å². The van der Waals surface area contributed by atoms with Crippen molar-refractivity contribution < 1.29 is 19.4 Å². The molecule has 1 aromatic heterocycles. The molecule has 0 aliphatic heterocycles. The van der Waals surface area contributed by atoms with Crippen molar-refractivity contribution in [1.29, 1.82) is 0 Å². The summed E-state index contributed by atoms with van der Waals surface area (Å²) in [5.74, 6) is -0.387. The van der Waals surface area contributed by atoms with Gasteiger partial charge in [-0.05, 0) is 6.92 Å². The highest BCUT2D eigenvalue weighted by atomic mass is 16.5. The van der Waals surface area contributed by atoms with E-state index in [9.17, 15) is 4.79 Å². The predicted octanol–water partition coefficient (Wildman–Crippen LogP) is 0.554. The lowest BCUT2D eigenvalue weighted by molar-refractivity contribution is -0.140. The van der Waals surface area contributed by atoms with E-state index >= 15 is 0 Å². The second-order valence-electron chi connectivity index (χ2n) is 3.01. The van der Waals surface area contributed by atoms with Crippen LogP contribution in [-0.4, -0.2) is 41.2 Å². The van der Waals surface area contributed by atoms with Gasteiger partial charge in [0.2, 0.25) is 0 Å². The maximum absolute atomic E-state index is 10.6. The summed E-state index contributed by atoms with van der Waals surface area (Å²) in [5.41, 5.74) is 0. The fourth-order valence-electron chi connectivity index (χ4n) is 0.963. The number of hydrogen-bond donors (Lipinski definition) is 1. The van der Waals surface area contributed by atoms with Crippen molar-refractivity contribution in [3.63, 3.8) is 0 Å². The molecule has 1 heterocycles. The summed E-state index contributed by atoms with van der Waals surface area (Å²) < 4.78 is 11.4. The van der Waals surface area contributed by atoms with E-state index in [-0.39, 0.29) is 0 Å². The van der Waals surface area contributed by atoms with E-state index in [4.69, 9.17) is 14.6 Å². The van der Waals surface area contributed by atoms with Gasteiger partial charge < -0.3 is 14.6 Å². The standard InChI is InChI=1S/C9H14N2O4/c1-7(9(12)13)11-6-8(5-10-11)15-4-3-14-2/h5-7H,3-4H2,1-2H3,(H,12,13). The number of nitrogens with zero attached hydrogens (tertiary/aromatic N) is 2. The quantitative estimate of drug-likeness (QED) is 0.700. The highest BCUT2D eigenvalue weighted by molar-refractivity contribution is 5.71. The fourth-order valence-corrected chi connectivity index (χ4v) is 0.963. The Morgan fingerprint density at radius 2 is 2.40 bits per heavy atom. The minimum absolute atomic E-state index is 0.420. The number of ether oxygens (including phenoxy) is 2. The summed E-state index contributed by atoms with van der Waals surface area (Å²) >= 11 is 0. The minimum atomic E-state index is -0.929. The van der Waals surface area contributed by atoms with Crippen molar-refractivity contribution in [1.82, 2.24) is 9.78 Å². The Morgan fingerprint density at radius 1 is 1.67 bits per heavy atom. The van der Waals surface area contributed by atoms with Crippen LogP contribution in [0.1, 0.15) is 13.0 Å². The first kappa shape index (κ1) is 11.5. The molecule has 0 amide bonds. The van der Waals surface area contributed by atoms with Gasteiger partial charge in [-0.2, -0.15) is 5.10 Å². The third kappa shape index (κ3) is 3.25. The fraction of sp³-hybridized carbons (Fsp3) is 0.556. The number of rotatable bonds is 6. The van der Waals surface area contributed by atoms with E-state index in [0.717, 1.165) is 0 Å². The topological polar surface area (TPSA) is 73.6 Å². The lowest BCUT2D eigenvalue weighted by atomic mass is 10.3. The van der Waals surface area contributed by atoms with Crippen LogP contribution in [0.25, 0.3) is 0 Å². The van der Waals surface area contributed by atoms with Crippen LogP contribution in [0.15, 0.2) is 12.4 Å². The minimum Gasteiger partial charge on any atom is -0.488 e. The smallest absolute Gasteiger partial charge is 0.328 e. The summed E-state index contributed by atoms with van der Waals surface area (Å²) in [4.78, 5) is 10.6. The van der Waals surface area contributed by atoms with Crippen molar-refractivity contribution in [2.75, 3.05) is 20.3 Å². The second-order valence-corrected chi connectivity index (χ2v) is 3.01. The van der Waals surface area contributed by atoms with Gasteiger partial charge in [0.1, 0.15) is 12.6 Å². The largest absolute Gasteiger partial charge is 0.488 e. The highest BCUT2D eigenvalue weighted by Crippen LogP contribution is 2.12. The highest BCUT2D eigenvalue weighted by Gasteiger charge is 2.14. The molecule has 1 unspecified atom stereocenters. The lowest BCUT2D eigenvalue weighted by Crippen LogP contribution is -2.15. The summed E-state index contributed by atoms with van der Waals surface area (Å²) in [6.45, 7) is 2.46. The third-order valence-corrected chi connectivity index (χ3v) is 1.89. The molecule has 0 aromatic carbocycles. The van der Waals surface area contributed by atoms with Gasteiger partial charge in [-0.1, -0.05) is 0 Å². The molecule has 0 aliphatic rings. The zero-order valence-electron chi connectivity index (χ0n) is 8.71. The van der Waals surface area contributed by atoms with Crippen molar-refractivity contribution in [3.05, 3.63) is 12.4 Å². The van der Waals surface area contributed by atoms with Crippen LogP contribution in [0, 0.1) is 0 Å². The molecule has 1 aromatic rings. The molecule has 84 valence electrons. The van der Waals surface area contributed by atoms with Gasteiger partial charge >= 0.3 is 5.97 Å². The van der Waals surface area contributed by atoms with Gasteiger partial charge in [-0.25, -0.2) is 4.79 Å². The SMILES string of the molecule is COCCOc1cnn(C(C)C(=O)O)c1. The van der Waals surface area contributed by atoms with Gasteiger partial charge in [-0.15, -0.1) is 0 Å². The van der Waals surface area contributed by atoms with Crippen LogP contribution in [0.2, 0.25) is 0 Å². The first-order valence-electron chi connectivity index (χ1n) is 4.54. The zero-order valence-corrected chi connectivity index (χ0v) is 8.71. The maximum Gasteiger partial charge on any atom is 0.328 e. The van der Waals surface area contributed by atoms with Gasteiger partial charge in [-0.3, -0.25) is 4.68 Å². The van der Waals surface area contributed by atoms with Crippen molar-refractivity contribution in [3.8, 4) is 5.75 Å². The summed E-state index contributed by atoms with van der Waals surface area (Å²) in [5, 5.41) is 12.6. The molecule has 0 spiro atoms. The Hall–Kier alpha value is -1.56. The molecule has 0 fully saturated rings. The van der Waals surface area contributed by atoms with E-state index in [1.54, 1.807) is 20.2 Å². The van der Waals surface area contributed by atoms with E-state index in [1.165, 1.54) is 10.9 Å². The van der Waals surface area contributed by atoms with E-state index in [2.05, 4.69) is 5.10 Å². The molecule has 6 nitrogen and oxygen atoms in total. The number of carboxylic acids is 1. The number of aliphatic carboxylic acids is 1. The normalized spacial score (nSPS) is 12.4. The molecular weight excluding hydrogens is 200 g/mol. The molecule has 1 atom stereocenters. The van der Waals surface area contributed by atoms with Crippen LogP contribution in [0.4, 0.5) is 0 Å². The van der Waals surface area contributed by atoms with Crippen molar-refractivity contribution >= 4 is 5.97 Å². The van der Waals surface area contributed by atoms with Gasteiger partial charge in [0.25, 0.3) is 0 Å². The lowest BCUT2D eigenvalue weighted by Gasteiger charge is -2.05. The summed E-state index contributed by atoms with van der Waals surface area (Å²) in [6, 6.07) is -0.690. The summed E-state index contributed by atoms with van der Waals surface area (Å²) in [7, 11) is 1.58. The molecular formula is C9H14N2O4. The second kappa shape index (κ2) is 5.35. The number of hydrogen-bond acceptors (Lipinski definition) is 4. The van der Waals surface area contributed by atoms with Crippen LogP contribution < -0.4 is 4.74 Å². The van der Waals surface area contributed by atoms with Crippen LogP contribution >= 0.6 is 0 Å². The van der Waals surface area contributed by atoms with Gasteiger partial charge in [0.05, 0.1) is 19.0 Å². The Kier molecular flexibility index (Phi) is 4.11. The molecule has 0 bridgehead atoms. The van der Waals surface area contributed by atoms with E-state index < -0.39 is 12.0 Å². The number of carbonyl (C=O) groups is 1. The molecule has 0 aliphatic carbocycles. The van der Waals surface area contributed by atoms with Gasteiger partial charge in [0, 0.05) is 7.11 Å². The first-order valence-corrected chi connectivity index (χ1v) is 4.54. The van der Waals surface area contributed by atoms with Gasteiger partial charge in [0.15, 0.2) is 5.75 Å². The summed E-state index contributed by atoms with van der Waals surface area (Å²) in [6.07, 6.45) is 3.03. The predicted molar refractivity (Wildman–Crippen MR) is 51.9 cm³/mol.